The number of thioether (sulfide) groups is 1. The lowest BCUT2D eigenvalue weighted by molar-refractivity contribution is -0.143. The number of aromatic nitrogens is 2. The van der Waals surface area contributed by atoms with E-state index < -0.39 is 17.8 Å². The third-order valence-electron chi connectivity index (χ3n) is 3.76. The predicted octanol–water partition coefficient (Wildman–Crippen LogP) is 5.09. The monoisotopic (exact) mass is 402 g/mol. The lowest BCUT2D eigenvalue weighted by atomic mass is 10.1. The highest BCUT2D eigenvalue weighted by molar-refractivity contribution is 7.98. The van der Waals surface area contributed by atoms with E-state index in [0.29, 0.717) is 17.9 Å². The number of nitrogens with zero attached hydrogens (tertiary/aromatic N) is 2. The van der Waals surface area contributed by atoms with Gasteiger partial charge in [0, 0.05) is 10.5 Å². The fourth-order valence-electron chi connectivity index (χ4n) is 2.41. The maximum Gasteiger partial charge on any atom is 0.438 e. The summed E-state index contributed by atoms with van der Waals surface area (Å²) in [6.45, 7) is 0.744. The Morgan fingerprint density at radius 1 is 1.31 bits per heavy atom. The van der Waals surface area contributed by atoms with E-state index in [0.717, 1.165) is 23.9 Å². The summed E-state index contributed by atoms with van der Waals surface area (Å²) in [6, 6.07) is 7.38. The molecule has 1 aliphatic rings. The molecular formula is C17H17F3N2O2S2. The highest BCUT2D eigenvalue weighted by atomic mass is 32.2. The minimum absolute atomic E-state index is 0.0175. The van der Waals surface area contributed by atoms with Gasteiger partial charge in [0.2, 0.25) is 11.6 Å². The molecule has 1 aromatic carbocycles. The summed E-state index contributed by atoms with van der Waals surface area (Å²) in [5.74, 6) is -0.491. The van der Waals surface area contributed by atoms with Gasteiger partial charge >= 0.3 is 6.18 Å². The molecule has 1 saturated heterocycles. The van der Waals surface area contributed by atoms with E-state index in [2.05, 4.69) is 9.97 Å². The first-order chi connectivity index (χ1) is 12.5. The number of hydrogen-bond acceptors (Lipinski definition) is 6. The first-order valence-corrected chi connectivity index (χ1v) is 10.00. The predicted molar refractivity (Wildman–Crippen MR) is 96.3 cm³/mol. The van der Waals surface area contributed by atoms with Crippen LogP contribution in [0.5, 0.6) is 5.88 Å². The van der Waals surface area contributed by atoms with Crippen molar-refractivity contribution < 1.29 is 22.1 Å². The van der Waals surface area contributed by atoms with Gasteiger partial charge in [-0.2, -0.15) is 13.2 Å². The molecule has 1 aliphatic heterocycles. The molecule has 4 nitrogen and oxygen atoms in total. The first kappa shape index (κ1) is 19.3. The molecule has 2 aromatic rings. The quantitative estimate of drug-likeness (QED) is 0.513. The number of ether oxygens (including phenoxy) is 1. The lowest BCUT2D eigenvalue weighted by Gasteiger charge is -2.21. The summed E-state index contributed by atoms with van der Waals surface area (Å²) in [5.41, 5.74) is -0.0823. The van der Waals surface area contributed by atoms with Crippen molar-refractivity contribution in [1.82, 2.24) is 9.97 Å². The van der Waals surface area contributed by atoms with E-state index in [9.17, 15) is 13.2 Å². The molecule has 0 spiro atoms. The van der Waals surface area contributed by atoms with Crippen LogP contribution in [0.1, 0.15) is 18.5 Å². The molecule has 1 aromatic heterocycles. The second kappa shape index (κ2) is 8.49. The van der Waals surface area contributed by atoms with E-state index in [1.54, 1.807) is 23.9 Å². The van der Waals surface area contributed by atoms with Gasteiger partial charge in [-0.05, 0) is 43.3 Å². The topological polar surface area (TPSA) is 44.2 Å². The van der Waals surface area contributed by atoms with Crippen LogP contribution in [0.25, 0.3) is 11.3 Å². The molecule has 1 atom stereocenters. The molecule has 0 N–H and O–H groups in total. The maximum atomic E-state index is 13.2. The highest BCUT2D eigenvalue weighted by Gasteiger charge is 2.38. The van der Waals surface area contributed by atoms with Gasteiger partial charge in [0.05, 0.1) is 23.7 Å². The van der Waals surface area contributed by atoms with Gasteiger partial charge in [-0.1, -0.05) is 12.1 Å². The fourth-order valence-corrected chi connectivity index (χ4v) is 3.61. The van der Waals surface area contributed by atoms with Crippen LogP contribution in [0.4, 0.5) is 13.2 Å². The Bertz CT molecular complexity index is 736. The second-order valence-electron chi connectivity index (χ2n) is 5.63. The molecule has 140 valence electrons. The van der Waals surface area contributed by atoms with Crippen molar-refractivity contribution in [3.63, 3.8) is 0 Å². The van der Waals surface area contributed by atoms with Crippen molar-refractivity contribution in [2.75, 3.05) is 19.5 Å². The third-order valence-corrected chi connectivity index (χ3v) is 5.45. The Hall–Kier alpha value is -1.45. The van der Waals surface area contributed by atoms with Gasteiger partial charge in [-0.15, -0.1) is 11.8 Å². The van der Waals surface area contributed by atoms with E-state index in [1.807, 2.05) is 18.4 Å². The van der Waals surface area contributed by atoms with Crippen LogP contribution in [-0.4, -0.2) is 34.7 Å². The van der Waals surface area contributed by atoms with Crippen molar-refractivity contribution in [1.29, 1.82) is 0 Å². The first-order valence-electron chi connectivity index (χ1n) is 7.97. The second-order valence-corrected chi connectivity index (χ2v) is 7.60. The van der Waals surface area contributed by atoms with Crippen LogP contribution < -0.4 is 4.74 Å². The Morgan fingerprint density at radius 2 is 2.08 bits per heavy atom. The molecule has 1 fully saturated rings. The normalized spacial score (nSPS) is 17.9. The van der Waals surface area contributed by atoms with Crippen molar-refractivity contribution in [3.05, 3.63) is 36.2 Å². The van der Waals surface area contributed by atoms with Crippen molar-refractivity contribution >= 4 is 23.8 Å². The fraction of sp³-hybridized carbons (Fsp3) is 0.412. The zero-order chi connectivity index (χ0) is 18.6. The molecule has 3 rings (SSSR count). The summed E-state index contributed by atoms with van der Waals surface area (Å²) in [4.78, 5) is 8.72. The lowest BCUT2D eigenvalue weighted by Crippen LogP contribution is -2.21. The molecule has 0 amide bonds. The summed E-state index contributed by atoms with van der Waals surface area (Å²) in [7, 11) is 0. The number of rotatable bonds is 5. The number of benzene rings is 1. The average molecular weight is 402 g/mol. The standard InChI is InChI=1S/C17H17F3N2O2S2/c1-25-12-6-4-11(5-7-12)14-9-21-15(17(18,19)20)16(22-14)23-10-13-3-2-8-24-26-13/h4-7,9,13H,2-3,8,10H2,1H3. The van der Waals surface area contributed by atoms with Crippen LogP contribution in [0.15, 0.2) is 35.4 Å². The Balaban J connectivity index is 1.85. The molecule has 1 unspecified atom stereocenters. The average Bonchev–Trinajstić information content (AvgIpc) is 2.66. The molecular weight excluding hydrogens is 385 g/mol. The maximum absolute atomic E-state index is 13.2. The summed E-state index contributed by atoms with van der Waals surface area (Å²) >= 11 is 2.83. The van der Waals surface area contributed by atoms with Crippen LogP contribution in [-0.2, 0) is 10.4 Å². The van der Waals surface area contributed by atoms with Gasteiger partial charge in [0.15, 0.2) is 0 Å². The van der Waals surface area contributed by atoms with Crippen molar-refractivity contribution in [2.45, 2.75) is 29.2 Å². The van der Waals surface area contributed by atoms with Crippen LogP contribution in [0, 0.1) is 0 Å². The van der Waals surface area contributed by atoms with E-state index in [1.165, 1.54) is 12.0 Å². The summed E-state index contributed by atoms with van der Waals surface area (Å²) < 4.78 is 50.4. The SMILES string of the molecule is CSc1ccc(-c2cnc(C(F)(F)F)c(OCC3CCCOS3)n2)cc1. The molecule has 0 radical (unpaired) electrons. The Labute approximate surface area is 158 Å². The minimum Gasteiger partial charge on any atom is -0.475 e. The molecule has 0 saturated carbocycles. The van der Waals surface area contributed by atoms with Gasteiger partial charge in [0.25, 0.3) is 0 Å². The van der Waals surface area contributed by atoms with Gasteiger partial charge in [-0.25, -0.2) is 9.97 Å². The number of hydrogen-bond donors (Lipinski definition) is 0. The van der Waals surface area contributed by atoms with Crippen LogP contribution in [0.3, 0.4) is 0 Å². The molecule has 0 bridgehead atoms. The Kier molecular flexibility index (Phi) is 6.31. The zero-order valence-corrected chi connectivity index (χ0v) is 15.6. The molecule has 9 heteroatoms. The van der Waals surface area contributed by atoms with Crippen LogP contribution in [0.2, 0.25) is 0 Å². The van der Waals surface area contributed by atoms with E-state index >= 15 is 0 Å². The molecule has 0 aliphatic carbocycles. The van der Waals surface area contributed by atoms with Gasteiger partial charge in [0.1, 0.15) is 6.61 Å². The van der Waals surface area contributed by atoms with E-state index in [-0.39, 0.29) is 11.9 Å². The number of halogens is 3. The summed E-state index contributed by atoms with van der Waals surface area (Å²) in [5, 5.41) is -0.0175. The largest absolute Gasteiger partial charge is 0.475 e. The van der Waals surface area contributed by atoms with Crippen molar-refractivity contribution in [3.8, 4) is 17.1 Å². The smallest absolute Gasteiger partial charge is 0.438 e. The van der Waals surface area contributed by atoms with Crippen LogP contribution >= 0.6 is 23.8 Å². The van der Waals surface area contributed by atoms with Gasteiger partial charge in [-0.3, -0.25) is 0 Å². The highest BCUT2D eigenvalue weighted by Crippen LogP contribution is 2.35. The molecule has 2 heterocycles. The molecule has 26 heavy (non-hydrogen) atoms. The van der Waals surface area contributed by atoms with Crippen molar-refractivity contribution in [2.24, 2.45) is 0 Å². The van der Waals surface area contributed by atoms with Gasteiger partial charge < -0.3 is 8.92 Å². The number of alkyl halides is 3. The van der Waals surface area contributed by atoms with E-state index in [4.69, 9.17) is 8.92 Å². The zero-order valence-electron chi connectivity index (χ0n) is 14.0. The summed E-state index contributed by atoms with van der Waals surface area (Å²) in [6.07, 6.45) is 0.143. The minimum atomic E-state index is -4.63. The third kappa shape index (κ3) is 4.83. The Morgan fingerprint density at radius 3 is 2.69 bits per heavy atom.